The molecule has 0 bridgehead atoms. The highest BCUT2D eigenvalue weighted by atomic mass is 35.5. The van der Waals surface area contributed by atoms with Gasteiger partial charge in [0, 0.05) is 19.0 Å². The summed E-state index contributed by atoms with van der Waals surface area (Å²) in [5.41, 5.74) is 0.606. The van der Waals surface area contributed by atoms with E-state index in [0.29, 0.717) is 31.0 Å². The summed E-state index contributed by atoms with van der Waals surface area (Å²) < 4.78 is 40.5. The van der Waals surface area contributed by atoms with Gasteiger partial charge in [0.25, 0.3) is 0 Å². The highest BCUT2D eigenvalue weighted by Gasteiger charge is 2.32. The van der Waals surface area contributed by atoms with Gasteiger partial charge in [0.05, 0.1) is 0 Å². The Kier molecular flexibility index (Phi) is 5.04. The van der Waals surface area contributed by atoms with E-state index in [2.05, 4.69) is 0 Å². The molecule has 2 rings (SSSR count). The second-order valence-electron chi connectivity index (χ2n) is 5.20. The van der Waals surface area contributed by atoms with Crippen molar-refractivity contribution in [1.82, 2.24) is 4.31 Å². The smallest absolute Gasteiger partial charge is 0.207 e. The average Bonchev–Trinajstić information content (AvgIpc) is 3.22. The van der Waals surface area contributed by atoms with Gasteiger partial charge in [-0.3, -0.25) is 0 Å². The summed E-state index contributed by atoms with van der Waals surface area (Å²) in [5, 5.41) is 0. The van der Waals surface area contributed by atoms with Crippen molar-refractivity contribution in [3.8, 4) is 0 Å². The standard InChI is InChI=1S/C14H19ClFNO2S/c1-2-7-17(10-11-3-4-11)20(18,19)14-8-12(9-15)5-6-13(14)16/h5-6,8,11H,2-4,7,9-10H2,1H3. The van der Waals surface area contributed by atoms with E-state index < -0.39 is 15.8 Å². The highest BCUT2D eigenvalue weighted by molar-refractivity contribution is 7.89. The summed E-state index contributed by atoms with van der Waals surface area (Å²) in [6.45, 7) is 2.82. The van der Waals surface area contributed by atoms with Crippen LogP contribution in [0.4, 0.5) is 4.39 Å². The molecule has 6 heteroatoms. The number of halogens is 2. The number of sulfonamides is 1. The van der Waals surface area contributed by atoms with Crippen LogP contribution in [0.15, 0.2) is 23.1 Å². The Morgan fingerprint density at radius 3 is 2.65 bits per heavy atom. The van der Waals surface area contributed by atoms with Crippen LogP contribution in [0.2, 0.25) is 0 Å². The molecule has 0 unspecified atom stereocenters. The van der Waals surface area contributed by atoms with Gasteiger partial charge in [0.1, 0.15) is 10.7 Å². The van der Waals surface area contributed by atoms with Crippen LogP contribution in [-0.2, 0) is 15.9 Å². The summed E-state index contributed by atoms with van der Waals surface area (Å²) >= 11 is 5.71. The van der Waals surface area contributed by atoms with E-state index in [0.717, 1.165) is 12.8 Å². The third kappa shape index (κ3) is 3.51. The summed E-state index contributed by atoms with van der Waals surface area (Å²) in [5.74, 6) is -0.120. The normalized spacial score (nSPS) is 15.8. The Morgan fingerprint density at radius 2 is 2.10 bits per heavy atom. The minimum Gasteiger partial charge on any atom is -0.207 e. The van der Waals surface area contributed by atoms with Crippen LogP contribution in [-0.4, -0.2) is 25.8 Å². The maximum atomic E-state index is 13.9. The molecule has 1 saturated carbocycles. The van der Waals surface area contributed by atoms with Crippen molar-refractivity contribution in [3.05, 3.63) is 29.6 Å². The maximum Gasteiger partial charge on any atom is 0.246 e. The number of nitrogens with zero attached hydrogens (tertiary/aromatic N) is 1. The molecule has 0 atom stereocenters. The van der Waals surface area contributed by atoms with E-state index in [4.69, 9.17) is 11.6 Å². The quantitative estimate of drug-likeness (QED) is 0.723. The first-order valence-corrected chi connectivity index (χ1v) is 8.81. The lowest BCUT2D eigenvalue weighted by Gasteiger charge is -2.22. The van der Waals surface area contributed by atoms with Crippen molar-refractivity contribution in [2.75, 3.05) is 13.1 Å². The summed E-state index contributed by atoms with van der Waals surface area (Å²) in [6, 6.07) is 4.02. The molecular weight excluding hydrogens is 301 g/mol. The van der Waals surface area contributed by atoms with Crippen LogP contribution in [0.25, 0.3) is 0 Å². The highest BCUT2D eigenvalue weighted by Crippen LogP contribution is 2.32. The van der Waals surface area contributed by atoms with Crippen LogP contribution >= 0.6 is 11.6 Å². The van der Waals surface area contributed by atoms with Gasteiger partial charge in [0.2, 0.25) is 10.0 Å². The fourth-order valence-corrected chi connectivity index (χ4v) is 4.00. The molecule has 20 heavy (non-hydrogen) atoms. The van der Waals surface area contributed by atoms with Crippen LogP contribution in [0.3, 0.4) is 0 Å². The van der Waals surface area contributed by atoms with Crippen molar-refractivity contribution < 1.29 is 12.8 Å². The Bertz CT molecular complexity index is 573. The van der Waals surface area contributed by atoms with E-state index >= 15 is 0 Å². The van der Waals surface area contributed by atoms with Gasteiger partial charge in [-0.1, -0.05) is 13.0 Å². The number of hydrogen-bond acceptors (Lipinski definition) is 2. The molecule has 0 amide bonds. The largest absolute Gasteiger partial charge is 0.246 e. The number of hydrogen-bond donors (Lipinski definition) is 0. The topological polar surface area (TPSA) is 37.4 Å². The lowest BCUT2D eigenvalue weighted by Crippen LogP contribution is -2.34. The molecular formula is C14H19ClFNO2S. The lowest BCUT2D eigenvalue weighted by molar-refractivity contribution is 0.392. The monoisotopic (exact) mass is 319 g/mol. The molecule has 3 nitrogen and oxygen atoms in total. The fourth-order valence-electron chi connectivity index (χ4n) is 2.12. The van der Waals surface area contributed by atoms with Gasteiger partial charge in [-0.05, 0) is 42.9 Å². The van der Waals surface area contributed by atoms with E-state index in [9.17, 15) is 12.8 Å². The molecule has 1 fully saturated rings. The zero-order chi connectivity index (χ0) is 14.8. The molecule has 112 valence electrons. The van der Waals surface area contributed by atoms with E-state index in [1.54, 1.807) is 0 Å². The summed E-state index contributed by atoms with van der Waals surface area (Å²) in [4.78, 5) is -0.259. The zero-order valence-electron chi connectivity index (χ0n) is 11.5. The second-order valence-corrected chi connectivity index (χ2v) is 7.38. The summed E-state index contributed by atoms with van der Waals surface area (Å²) in [7, 11) is -3.78. The van der Waals surface area contributed by atoms with Crippen LogP contribution in [0.5, 0.6) is 0 Å². The minimum absolute atomic E-state index is 0.166. The Labute approximate surface area is 124 Å². The van der Waals surface area contributed by atoms with Gasteiger partial charge in [-0.25, -0.2) is 12.8 Å². The minimum atomic E-state index is -3.78. The molecule has 0 aromatic heterocycles. The third-order valence-corrected chi connectivity index (χ3v) is 5.59. The first-order valence-electron chi connectivity index (χ1n) is 6.83. The molecule has 1 aliphatic carbocycles. The fraction of sp³-hybridized carbons (Fsp3) is 0.571. The number of benzene rings is 1. The maximum absolute atomic E-state index is 13.9. The molecule has 0 heterocycles. The molecule has 0 aliphatic heterocycles. The number of alkyl halides is 1. The van der Waals surface area contributed by atoms with E-state index in [1.807, 2.05) is 6.92 Å². The molecule has 0 saturated heterocycles. The predicted octanol–water partition coefficient (Wildman–Crippen LogP) is 3.38. The summed E-state index contributed by atoms with van der Waals surface area (Å²) in [6.07, 6.45) is 2.82. The molecule has 1 aromatic rings. The second kappa shape index (κ2) is 6.41. The lowest BCUT2D eigenvalue weighted by atomic mass is 10.2. The van der Waals surface area contributed by atoms with Gasteiger partial charge in [0.15, 0.2) is 0 Å². The predicted molar refractivity (Wildman–Crippen MR) is 77.7 cm³/mol. The zero-order valence-corrected chi connectivity index (χ0v) is 13.1. The van der Waals surface area contributed by atoms with Crippen LogP contribution < -0.4 is 0 Å². The SMILES string of the molecule is CCCN(CC1CC1)S(=O)(=O)c1cc(CCl)ccc1F. The molecule has 0 spiro atoms. The van der Waals surface area contributed by atoms with Gasteiger partial charge in [-0.2, -0.15) is 4.31 Å². The van der Waals surface area contributed by atoms with Crippen molar-refractivity contribution in [2.45, 2.75) is 37.0 Å². The van der Waals surface area contributed by atoms with Crippen molar-refractivity contribution in [3.63, 3.8) is 0 Å². The Hall–Kier alpha value is -0.650. The van der Waals surface area contributed by atoms with Crippen molar-refractivity contribution >= 4 is 21.6 Å². The van der Waals surface area contributed by atoms with Crippen molar-refractivity contribution in [2.24, 2.45) is 5.92 Å². The average molecular weight is 320 g/mol. The Balaban J connectivity index is 2.35. The molecule has 1 aliphatic rings. The Morgan fingerprint density at radius 1 is 1.40 bits per heavy atom. The van der Waals surface area contributed by atoms with Crippen LogP contribution in [0.1, 0.15) is 31.7 Å². The van der Waals surface area contributed by atoms with Crippen molar-refractivity contribution in [1.29, 1.82) is 0 Å². The van der Waals surface area contributed by atoms with Gasteiger partial charge in [-0.15, -0.1) is 11.6 Å². The van der Waals surface area contributed by atoms with Crippen LogP contribution in [0, 0.1) is 11.7 Å². The van der Waals surface area contributed by atoms with Gasteiger partial charge < -0.3 is 0 Å². The molecule has 1 aromatic carbocycles. The molecule has 0 radical (unpaired) electrons. The third-order valence-electron chi connectivity index (χ3n) is 3.40. The van der Waals surface area contributed by atoms with Gasteiger partial charge >= 0.3 is 0 Å². The molecule has 0 N–H and O–H groups in total. The first-order chi connectivity index (χ1) is 9.48. The van der Waals surface area contributed by atoms with E-state index in [-0.39, 0.29) is 10.8 Å². The number of rotatable bonds is 7. The van der Waals surface area contributed by atoms with E-state index in [1.165, 1.54) is 22.5 Å². The first kappa shape index (κ1) is 15.7.